The fraction of sp³-hybridized carbons (Fsp3) is 0.182. The molecule has 0 aliphatic carbocycles. The van der Waals surface area contributed by atoms with E-state index in [1.807, 2.05) is 0 Å². The molecule has 3 nitrogen and oxygen atoms in total. The Hall–Kier alpha value is -9.96. The van der Waals surface area contributed by atoms with Crippen molar-refractivity contribution in [3.8, 4) is 78.1 Å². The van der Waals surface area contributed by atoms with Crippen molar-refractivity contribution in [1.29, 1.82) is 0 Å². The first kappa shape index (κ1) is 57.5. The minimum Gasteiger partial charge on any atom is -0.455 e. The summed E-state index contributed by atoms with van der Waals surface area (Å²) in [5.41, 5.74) is 27.6. The molecule has 0 unspecified atom stereocenters. The second kappa shape index (κ2) is 21.3. The Kier molecular flexibility index (Phi) is 13.5. The predicted molar refractivity (Wildman–Crippen MR) is 390 cm³/mol. The standard InChI is InChI=1S/C88H78N2O/c1-85(2,3)65-46-62(47-66(53-65)86(4,5)6)60-43-61(63-48-67(87(7,8)9)54-68(49-63)88(10,11)12)45-64(44-60)73-52-59(69-29-19-22-32-76(69)90-77-33-23-20-31-72(77)83-81(90)42-38-71-70-30-21-24-34-82(70)91-84(71)83)37-41-78(73)89-79-39-35-57(55-25-15-13-16-26-55)50-74(79)75-51-58(36-40-80(75)89)56-27-17-14-18-28-56/h13-54H,1-12H3. The van der Waals surface area contributed by atoms with Crippen molar-refractivity contribution < 1.29 is 4.42 Å². The average Bonchev–Trinajstić information content (AvgIpc) is 1.59. The minimum absolute atomic E-state index is 0.0836. The molecule has 0 atom stereocenters. The summed E-state index contributed by atoms with van der Waals surface area (Å²) >= 11 is 0. The lowest BCUT2D eigenvalue weighted by atomic mass is 9.77. The van der Waals surface area contributed by atoms with E-state index in [9.17, 15) is 0 Å². The molecule has 0 saturated heterocycles. The molecule has 15 aromatic rings. The van der Waals surface area contributed by atoms with Gasteiger partial charge < -0.3 is 13.6 Å². The van der Waals surface area contributed by atoms with Gasteiger partial charge in [0.2, 0.25) is 0 Å². The SMILES string of the molecule is CC(C)(C)c1cc(-c2cc(-c3cc(C(C)(C)C)cc(C(C)(C)C)c3)cc(-c3cc(-c4ccccc4-n4c5ccccc5c5c6oc7ccccc7c6ccc54)ccc3-n3c4ccc(-c5ccccc5)cc4c4cc(-c5ccccc5)ccc43)c2)cc(C(C)(C)C)c1. The number of furan rings is 1. The van der Waals surface area contributed by atoms with Gasteiger partial charge in [-0.15, -0.1) is 0 Å². The molecule has 91 heavy (non-hydrogen) atoms. The minimum atomic E-state index is -0.0836. The van der Waals surface area contributed by atoms with E-state index >= 15 is 0 Å². The summed E-state index contributed by atoms with van der Waals surface area (Å²) < 4.78 is 11.8. The van der Waals surface area contributed by atoms with E-state index in [-0.39, 0.29) is 21.7 Å². The van der Waals surface area contributed by atoms with E-state index in [1.165, 1.54) is 77.5 Å². The summed E-state index contributed by atoms with van der Waals surface area (Å²) in [6.45, 7) is 28.1. The molecule has 0 radical (unpaired) electrons. The molecule has 0 N–H and O–H groups in total. The van der Waals surface area contributed by atoms with Crippen molar-refractivity contribution in [2.24, 2.45) is 0 Å². The highest BCUT2D eigenvalue weighted by Crippen LogP contribution is 2.47. The van der Waals surface area contributed by atoms with Crippen LogP contribution in [0, 0.1) is 0 Å². The smallest absolute Gasteiger partial charge is 0.145 e. The molecule has 446 valence electrons. The molecule has 0 saturated carbocycles. The third-order valence-corrected chi connectivity index (χ3v) is 19.1. The van der Waals surface area contributed by atoms with Crippen LogP contribution in [0.15, 0.2) is 259 Å². The average molecular weight is 1180 g/mol. The first-order valence-corrected chi connectivity index (χ1v) is 32.4. The number of rotatable bonds is 8. The Morgan fingerprint density at radius 1 is 0.242 bits per heavy atom. The zero-order chi connectivity index (χ0) is 62.9. The van der Waals surface area contributed by atoms with Gasteiger partial charge in [-0.25, -0.2) is 0 Å². The van der Waals surface area contributed by atoms with Gasteiger partial charge in [-0.05, 0) is 184 Å². The van der Waals surface area contributed by atoms with Crippen LogP contribution in [0.3, 0.4) is 0 Å². The van der Waals surface area contributed by atoms with Crippen molar-refractivity contribution in [3.63, 3.8) is 0 Å². The summed E-state index contributed by atoms with van der Waals surface area (Å²) in [4.78, 5) is 0. The van der Waals surface area contributed by atoms with Crippen LogP contribution < -0.4 is 0 Å². The molecule has 12 aromatic carbocycles. The van der Waals surface area contributed by atoms with E-state index in [4.69, 9.17) is 4.42 Å². The van der Waals surface area contributed by atoms with Crippen LogP contribution in [-0.2, 0) is 21.7 Å². The summed E-state index contributed by atoms with van der Waals surface area (Å²) in [5, 5.41) is 6.93. The Morgan fingerprint density at radius 2 is 0.659 bits per heavy atom. The summed E-state index contributed by atoms with van der Waals surface area (Å²) in [5.74, 6) is 0. The number of hydrogen-bond donors (Lipinski definition) is 0. The highest BCUT2D eigenvalue weighted by molar-refractivity contribution is 6.24. The molecule has 0 fully saturated rings. The molecule has 0 spiro atoms. The molecule has 0 aliphatic rings. The second-order valence-electron chi connectivity index (χ2n) is 29.5. The lowest BCUT2D eigenvalue weighted by Gasteiger charge is -2.27. The summed E-state index contributed by atoms with van der Waals surface area (Å²) in [7, 11) is 0. The van der Waals surface area contributed by atoms with Gasteiger partial charge in [-0.3, -0.25) is 0 Å². The topological polar surface area (TPSA) is 23.0 Å². The monoisotopic (exact) mass is 1180 g/mol. The molecule has 0 aliphatic heterocycles. The molecule has 3 aromatic heterocycles. The molecule has 0 amide bonds. The number of nitrogens with zero attached hydrogens (tertiary/aromatic N) is 2. The lowest BCUT2D eigenvalue weighted by Crippen LogP contribution is -2.16. The summed E-state index contributed by atoms with van der Waals surface area (Å²) in [6, 6.07) is 96.0. The van der Waals surface area contributed by atoms with Crippen LogP contribution in [0.2, 0.25) is 0 Å². The van der Waals surface area contributed by atoms with Gasteiger partial charge in [-0.2, -0.15) is 0 Å². The van der Waals surface area contributed by atoms with Gasteiger partial charge in [0.1, 0.15) is 11.2 Å². The molecular weight excluding hydrogens is 1100 g/mol. The number of aromatic nitrogens is 2. The van der Waals surface area contributed by atoms with Gasteiger partial charge in [0, 0.05) is 38.1 Å². The third-order valence-electron chi connectivity index (χ3n) is 19.1. The molecular formula is C88H78N2O. The fourth-order valence-electron chi connectivity index (χ4n) is 13.9. The van der Waals surface area contributed by atoms with Crippen LogP contribution in [0.25, 0.3) is 144 Å². The molecule has 3 heteroatoms. The third kappa shape index (κ3) is 10.2. The Labute approximate surface area is 535 Å². The van der Waals surface area contributed by atoms with Gasteiger partial charge in [-0.1, -0.05) is 253 Å². The zero-order valence-corrected chi connectivity index (χ0v) is 54.6. The van der Waals surface area contributed by atoms with Crippen molar-refractivity contribution in [2.45, 2.75) is 105 Å². The van der Waals surface area contributed by atoms with Crippen molar-refractivity contribution >= 4 is 65.6 Å². The van der Waals surface area contributed by atoms with Crippen LogP contribution in [0.4, 0.5) is 0 Å². The highest BCUT2D eigenvalue weighted by Gasteiger charge is 2.27. The predicted octanol–water partition coefficient (Wildman–Crippen LogP) is 25.0. The van der Waals surface area contributed by atoms with E-state index in [1.54, 1.807) is 0 Å². The van der Waals surface area contributed by atoms with Crippen LogP contribution >= 0.6 is 0 Å². The lowest BCUT2D eigenvalue weighted by molar-refractivity contribution is 0.568. The first-order valence-electron chi connectivity index (χ1n) is 32.4. The molecule has 3 heterocycles. The van der Waals surface area contributed by atoms with E-state index in [0.29, 0.717) is 0 Å². The second-order valence-corrected chi connectivity index (χ2v) is 29.5. The van der Waals surface area contributed by atoms with E-state index in [0.717, 1.165) is 88.4 Å². The van der Waals surface area contributed by atoms with Crippen LogP contribution in [0.1, 0.15) is 105 Å². The summed E-state index contributed by atoms with van der Waals surface area (Å²) in [6.07, 6.45) is 0. The van der Waals surface area contributed by atoms with Gasteiger partial charge >= 0.3 is 0 Å². The maximum absolute atomic E-state index is 6.83. The maximum atomic E-state index is 6.83. The molecule has 15 rings (SSSR count). The Bertz CT molecular complexity index is 5110. The van der Waals surface area contributed by atoms with Crippen molar-refractivity contribution in [2.75, 3.05) is 0 Å². The first-order chi connectivity index (χ1) is 43.6. The normalized spacial score (nSPS) is 12.6. The quantitative estimate of drug-likeness (QED) is 0.149. The van der Waals surface area contributed by atoms with Crippen LogP contribution in [-0.4, -0.2) is 9.13 Å². The van der Waals surface area contributed by atoms with E-state index in [2.05, 4.69) is 347 Å². The van der Waals surface area contributed by atoms with Gasteiger partial charge in [0.15, 0.2) is 0 Å². The van der Waals surface area contributed by atoms with E-state index < -0.39 is 0 Å². The number of hydrogen-bond acceptors (Lipinski definition) is 1. The maximum Gasteiger partial charge on any atom is 0.145 e. The number of para-hydroxylation sites is 3. The van der Waals surface area contributed by atoms with Gasteiger partial charge in [0.05, 0.1) is 38.8 Å². The number of fused-ring (bicyclic) bond motifs is 10. The Balaban J connectivity index is 1.05. The highest BCUT2D eigenvalue weighted by atomic mass is 16.3. The largest absolute Gasteiger partial charge is 0.455 e. The number of benzene rings is 12. The van der Waals surface area contributed by atoms with Gasteiger partial charge in [0.25, 0.3) is 0 Å². The van der Waals surface area contributed by atoms with Crippen molar-refractivity contribution in [1.82, 2.24) is 9.13 Å². The van der Waals surface area contributed by atoms with Crippen LogP contribution in [0.5, 0.6) is 0 Å². The molecule has 0 bridgehead atoms. The fourth-order valence-corrected chi connectivity index (χ4v) is 13.9. The van der Waals surface area contributed by atoms with Crippen molar-refractivity contribution in [3.05, 3.63) is 277 Å². The Morgan fingerprint density at radius 3 is 1.21 bits per heavy atom. The zero-order valence-electron chi connectivity index (χ0n) is 54.6.